The average Bonchev–Trinajstić information content (AvgIpc) is 3.35. The van der Waals surface area contributed by atoms with Gasteiger partial charge in [-0.25, -0.2) is 0 Å². The number of nitrogens with one attached hydrogen (secondary N) is 2. The van der Waals surface area contributed by atoms with Gasteiger partial charge in [-0.1, -0.05) is 0 Å². The SMILES string of the molecule is CCNC(=NCC(O)c1cc(OC)cc(OC)c1)NC1CC1.I. The first-order valence-corrected chi connectivity index (χ1v) is 7.62. The van der Waals surface area contributed by atoms with Gasteiger partial charge in [0, 0.05) is 18.7 Å². The summed E-state index contributed by atoms with van der Waals surface area (Å²) in [5, 5.41) is 16.9. The molecule has 3 N–H and O–H groups in total. The third-order valence-electron chi connectivity index (χ3n) is 3.44. The molecule has 1 saturated carbocycles. The molecule has 1 atom stereocenters. The van der Waals surface area contributed by atoms with Crippen molar-refractivity contribution in [3.05, 3.63) is 23.8 Å². The van der Waals surface area contributed by atoms with Crippen LogP contribution in [0.5, 0.6) is 11.5 Å². The number of guanidine groups is 1. The molecule has 0 spiro atoms. The first-order valence-electron chi connectivity index (χ1n) is 7.62. The molecule has 0 radical (unpaired) electrons. The van der Waals surface area contributed by atoms with Crippen molar-refractivity contribution in [1.29, 1.82) is 0 Å². The predicted molar refractivity (Wildman–Crippen MR) is 102 cm³/mol. The largest absolute Gasteiger partial charge is 0.497 e. The molecular formula is C16H26IN3O3. The number of rotatable bonds is 7. The molecule has 1 fully saturated rings. The molecule has 0 saturated heterocycles. The Hall–Kier alpha value is -1.22. The number of aliphatic hydroxyl groups is 1. The summed E-state index contributed by atoms with van der Waals surface area (Å²) in [6.07, 6.45) is 1.65. The Bertz CT molecular complexity index is 499. The minimum Gasteiger partial charge on any atom is -0.497 e. The summed E-state index contributed by atoms with van der Waals surface area (Å²) < 4.78 is 10.4. The van der Waals surface area contributed by atoms with E-state index in [1.165, 1.54) is 12.8 Å². The van der Waals surface area contributed by atoms with Crippen LogP contribution in [0, 0.1) is 0 Å². The number of halogens is 1. The molecule has 1 aromatic carbocycles. The highest BCUT2D eigenvalue weighted by molar-refractivity contribution is 14.0. The van der Waals surface area contributed by atoms with Gasteiger partial charge >= 0.3 is 0 Å². The second kappa shape index (κ2) is 9.82. The van der Waals surface area contributed by atoms with E-state index < -0.39 is 6.10 Å². The van der Waals surface area contributed by atoms with Crippen molar-refractivity contribution in [2.24, 2.45) is 4.99 Å². The zero-order chi connectivity index (χ0) is 15.9. The highest BCUT2D eigenvalue weighted by Gasteiger charge is 2.22. The van der Waals surface area contributed by atoms with E-state index >= 15 is 0 Å². The molecule has 7 heteroatoms. The molecule has 2 rings (SSSR count). The molecule has 0 aromatic heterocycles. The number of nitrogens with zero attached hydrogens (tertiary/aromatic N) is 1. The van der Waals surface area contributed by atoms with E-state index in [-0.39, 0.29) is 30.5 Å². The van der Waals surface area contributed by atoms with Gasteiger partial charge in [0.25, 0.3) is 0 Å². The quantitative estimate of drug-likeness (QED) is 0.348. The lowest BCUT2D eigenvalue weighted by Gasteiger charge is -2.14. The monoisotopic (exact) mass is 435 g/mol. The number of aliphatic hydroxyl groups excluding tert-OH is 1. The summed E-state index contributed by atoms with van der Waals surface area (Å²) >= 11 is 0. The minimum absolute atomic E-state index is 0. The van der Waals surface area contributed by atoms with Crippen LogP contribution in [0.3, 0.4) is 0 Å². The maximum Gasteiger partial charge on any atom is 0.191 e. The fraction of sp³-hybridized carbons (Fsp3) is 0.562. The maximum atomic E-state index is 10.4. The minimum atomic E-state index is -0.710. The second-order valence-electron chi connectivity index (χ2n) is 5.30. The number of aliphatic imine (C=N–C) groups is 1. The Morgan fingerprint density at radius 1 is 1.26 bits per heavy atom. The van der Waals surface area contributed by atoms with Crippen LogP contribution < -0.4 is 20.1 Å². The topological polar surface area (TPSA) is 75.1 Å². The lowest BCUT2D eigenvalue weighted by Crippen LogP contribution is -2.38. The summed E-state index contributed by atoms with van der Waals surface area (Å²) in [6, 6.07) is 5.89. The van der Waals surface area contributed by atoms with E-state index in [1.807, 2.05) is 6.92 Å². The van der Waals surface area contributed by atoms with Gasteiger partial charge in [0.15, 0.2) is 5.96 Å². The van der Waals surface area contributed by atoms with Crippen LogP contribution in [0.2, 0.25) is 0 Å². The standard InChI is InChI=1S/C16H25N3O3.HI/c1-4-17-16(19-12-5-6-12)18-10-15(20)11-7-13(21-2)9-14(8-11)22-3;/h7-9,12,15,20H,4-6,10H2,1-3H3,(H2,17,18,19);1H. The van der Waals surface area contributed by atoms with E-state index in [0.717, 1.165) is 18.1 Å². The lowest BCUT2D eigenvalue weighted by molar-refractivity contribution is 0.186. The van der Waals surface area contributed by atoms with Crippen LogP contribution in [-0.4, -0.2) is 44.4 Å². The molecule has 1 aliphatic rings. The Labute approximate surface area is 154 Å². The van der Waals surface area contributed by atoms with Crippen molar-refractivity contribution in [3.63, 3.8) is 0 Å². The molecule has 23 heavy (non-hydrogen) atoms. The van der Waals surface area contributed by atoms with Crippen LogP contribution >= 0.6 is 24.0 Å². The molecule has 6 nitrogen and oxygen atoms in total. The number of methoxy groups -OCH3 is 2. The number of hydrogen-bond donors (Lipinski definition) is 3. The van der Waals surface area contributed by atoms with E-state index in [4.69, 9.17) is 9.47 Å². The Balaban J connectivity index is 0.00000264. The number of benzene rings is 1. The molecule has 0 amide bonds. The third kappa shape index (κ3) is 6.42. The molecule has 0 heterocycles. The molecule has 0 bridgehead atoms. The van der Waals surface area contributed by atoms with E-state index in [2.05, 4.69) is 15.6 Å². The summed E-state index contributed by atoms with van der Waals surface area (Å²) in [4.78, 5) is 4.44. The van der Waals surface area contributed by atoms with Crippen LogP contribution in [0.1, 0.15) is 31.4 Å². The molecule has 1 aromatic rings. The highest BCUT2D eigenvalue weighted by Crippen LogP contribution is 2.26. The van der Waals surface area contributed by atoms with E-state index in [1.54, 1.807) is 32.4 Å². The lowest BCUT2D eigenvalue weighted by atomic mass is 10.1. The van der Waals surface area contributed by atoms with Gasteiger partial charge in [0.1, 0.15) is 11.5 Å². The van der Waals surface area contributed by atoms with Gasteiger partial charge in [-0.05, 0) is 37.5 Å². The Kier molecular flexibility index (Phi) is 8.46. The van der Waals surface area contributed by atoms with Gasteiger partial charge in [-0.15, -0.1) is 24.0 Å². The van der Waals surface area contributed by atoms with Crippen molar-refractivity contribution in [1.82, 2.24) is 10.6 Å². The van der Waals surface area contributed by atoms with E-state index in [9.17, 15) is 5.11 Å². The molecule has 130 valence electrons. The first-order chi connectivity index (χ1) is 10.7. The van der Waals surface area contributed by atoms with E-state index in [0.29, 0.717) is 17.5 Å². The summed E-state index contributed by atoms with van der Waals surface area (Å²) in [7, 11) is 3.18. The summed E-state index contributed by atoms with van der Waals surface area (Å²) in [6.45, 7) is 3.09. The van der Waals surface area contributed by atoms with Gasteiger partial charge in [-0.2, -0.15) is 0 Å². The molecule has 1 aliphatic carbocycles. The smallest absolute Gasteiger partial charge is 0.191 e. The Morgan fingerprint density at radius 2 is 1.87 bits per heavy atom. The summed E-state index contributed by atoms with van der Waals surface area (Å²) in [5.74, 6) is 2.06. The highest BCUT2D eigenvalue weighted by atomic mass is 127. The van der Waals surface area contributed by atoms with Crippen LogP contribution in [-0.2, 0) is 0 Å². The van der Waals surface area contributed by atoms with Gasteiger partial charge in [0.05, 0.1) is 26.9 Å². The third-order valence-corrected chi connectivity index (χ3v) is 3.44. The van der Waals surface area contributed by atoms with Crippen molar-refractivity contribution < 1.29 is 14.6 Å². The zero-order valence-electron chi connectivity index (χ0n) is 13.8. The summed E-state index contributed by atoms with van der Waals surface area (Å²) in [5.41, 5.74) is 0.724. The first kappa shape index (κ1) is 19.8. The van der Waals surface area contributed by atoms with Crippen LogP contribution in [0.15, 0.2) is 23.2 Å². The van der Waals surface area contributed by atoms with Crippen LogP contribution in [0.25, 0.3) is 0 Å². The second-order valence-corrected chi connectivity index (χ2v) is 5.30. The average molecular weight is 435 g/mol. The fourth-order valence-electron chi connectivity index (χ4n) is 2.05. The van der Waals surface area contributed by atoms with Gasteiger partial charge in [0.2, 0.25) is 0 Å². The maximum absolute atomic E-state index is 10.4. The van der Waals surface area contributed by atoms with Crippen molar-refractivity contribution >= 4 is 29.9 Å². The zero-order valence-corrected chi connectivity index (χ0v) is 16.2. The van der Waals surface area contributed by atoms with Gasteiger partial charge < -0.3 is 25.2 Å². The fourth-order valence-corrected chi connectivity index (χ4v) is 2.05. The predicted octanol–water partition coefficient (Wildman–Crippen LogP) is 2.07. The molecule has 0 aliphatic heterocycles. The van der Waals surface area contributed by atoms with Crippen molar-refractivity contribution in [3.8, 4) is 11.5 Å². The molecular weight excluding hydrogens is 409 g/mol. The molecule has 1 unspecified atom stereocenters. The van der Waals surface area contributed by atoms with Crippen molar-refractivity contribution in [2.75, 3.05) is 27.3 Å². The number of ether oxygens (including phenoxy) is 2. The normalized spacial score (nSPS) is 15.4. The van der Waals surface area contributed by atoms with Crippen molar-refractivity contribution in [2.45, 2.75) is 31.9 Å². The number of hydrogen-bond acceptors (Lipinski definition) is 4. The Morgan fingerprint density at radius 3 is 2.35 bits per heavy atom. The van der Waals surface area contributed by atoms with Crippen LogP contribution in [0.4, 0.5) is 0 Å². The van der Waals surface area contributed by atoms with Gasteiger partial charge in [-0.3, -0.25) is 4.99 Å².